The molecule has 5 N–H and O–H groups in total. The van der Waals surface area contributed by atoms with Gasteiger partial charge >= 0.3 is 6.09 Å². The van der Waals surface area contributed by atoms with E-state index in [9.17, 15) is 15.0 Å². The zero-order valence-electron chi connectivity index (χ0n) is 20.1. The maximum atomic E-state index is 11.8. The number of nitrogens with two attached hydrogens (primary N) is 1. The number of carbonyl (C=O) groups is 1. The predicted molar refractivity (Wildman–Crippen MR) is 132 cm³/mol. The molecule has 0 saturated carbocycles. The molecular formula is C25H39ClN2O4. The molecule has 1 amide bonds. The van der Waals surface area contributed by atoms with Gasteiger partial charge in [0.2, 0.25) is 0 Å². The van der Waals surface area contributed by atoms with Crippen LogP contribution in [0.2, 0.25) is 0 Å². The predicted octanol–water partition coefficient (Wildman–Crippen LogP) is 4.90. The van der Waals surface area contributed by atoms with E-state index in [1.807, 2.05) is 60.7 Å². The van der Waals surface area contributed by atoms with E-state index in [1.54, 1.807) is 48.5 Å². The molecule has 0 saturated heterocycles. The molecule has 2 atom stereocenters. The van der Waals surface area contributed by atoms with Gasteiger partial charge in [0.05, 0.1) is 23.3 Å². The summed E-state index contributed by atoms with van der Waals surface area (Å²) in [7, 11) is 0. The summed E-state index contributed by atoms with van der Waals surface area (Å²) in [6, 6.07) is 18.1. The van der Waals surface area contributed by atoms with E-state index >= 15 is 0 Å². The molecule has 180 valence electrons. The highest BCUT2D eigenvalue weighted by atomic mass is 35.5. The first kappa shape index (κ1) is 29.9. The van der Waals surface area contributed by atoms with E-state index in [0.717, 1.165) is 11.1 Å². The maximum absolute atomic E-state index is 11.8. The molecule has 0 bridgehead atoms. The van der Waals surface area contributed by atoms with Gasteiger partial charge in [-0.2, -0.15) is 0 Å². The third-order valence-electron chi connectivity index (χ3n) is 4.42. The van der Waals surface area contributed by atoms with Gasteiger partial charge in [0.1, 0.15) is 5.60 Å². The number of benzene rings is 2. The molecule has 2 rings (SSSR count). The van der Waals surface area contributed by atoms with Crippen LogP contribution in [-0.4, -0.2) is 33.1 Å². The lowest BCUT2D eigenvalue weighted by atomic mass is 9.92. The summed E-state index contributed by atoms with van der Waals surface area (Å²) in [5.74, 6) is 0. The molecule has 0 aliphatic heterocycles. The second kappa shape index (κ2) is 12.2. The summed E-state index contributed by atoms with van der Waals surface area (Å²) in [5.41, 5.74) is 5.11. The van der Waals surface area contributed by atoms with E-state index in [4.69, 9.17) is 10.5 Å². The highest BCUT2D eigenvalue weighted by Gasteiger charge is 2.31. The van der Waals surface area contributed by atoms with Gasteiger partial charge in [-0.3, -0.25) is 0 Å². The third kappa shape index (κ3) is 11.0. The van der Waals surface area contributed by atoms with Crippen LogP contribution >= 0.6 is 12.4 Å². The smallest absolute Gasteiger partial charge is 0.408 e. The van der Waals surface area contributed by atoms with Crippen molar-refractivity contribution in [2.45, 2.75) is 77.4 Å². The van der Waals surface area contributed by atoms with Crippen LogP contribution in [0.25, 0.3) is 0 Å². The maximum Gasteiger partial charge on any atom is 0.408 e. The number of hydrogen-bond donors (Lipinski definition) is 4. The minimum Gasteiger partial charge on any atom is -0.444 e. The van der Waals surface area contributed by atoms with Gasteiger partial charge in [-0.15, -0.1) is 12.4 Å². The van der Waals surface area contributed by atoms with Crippen molar-refractivity contribution in [3.05, 3.63) is 71.8 Å². The second-order valence-corrected chi connectivity index (χ2v) is 9.69. The number of aliphatic hydroxyl groups is 2. The summed E-state index contributed by atoms with van der Waals surface area (Å²) >= 11 is 0. The molecular weight excluding hydrogens is 428 g/mol. The minimum absolute atomic E-state index is 0. The molecule has 0 aromatic heterocycles. The molecule has 0 unspecified atom stereocenters. The first-order valence-corrected chi connectivity index (χ1v) is 10.4. The molecule has 0 aliphatic rings. The molecule has 6 nitrogen and oxygen atoms in total. The first-order chi connectivity index (χ1) is 14.1. The van der Waals surface area contributed by atoms with Crippen LogP contribution in [0.15, 0.2) is 60.7 Å². The van der Waals surface area contributed by atoms with E-state index in [1.165, 1.54) is 0 Å². The van der Waals surface area contributed by atoms with Crippen LogP contribution in [0, 0.1) is 0 Å². The molecule has 0 fully saturated rings. The van der Waals surface area contributed by atoms with Gasteiger partial charge in [-0.25, -0.2) is 4.79 Å². The number of hydrogen-bond acceptors (Lipinski definition) is 5. The van der Waals surface area contributed by atoms with Crippen molar-refractivity contribution in [3.63, 3.8) is 0 Å². The Labute approximate surface area is 198 Å². The number of rotatable bonds is 5. The fourth-order valence-electron chi connectivity index (χ4n) is 2.81. The number of nitrogens with one attached hydrogen (secondary N) is 1. The topological polar surface area (TPSA) is 105 Å². The summed E-state index contributed by atoms with van der Waals surface area (Å²) < 4.78 is 5.22. The molecule has 2 aromatic rings. The van der Waals surface area contributed by atoms with Crippen molar-refractivity contribution >= 4 is 18.5 Å². The van der Waals surface area contributed by atoms with Crippen molar-refractivity contribution in [2.75, 3.05) is 0 Å². The van der Waals surface area contributed by atoms with Crippen molar-refractivity contribution in [1.29, 1.82) is 0 Å². The Morgan fingerprint density at radius 3 is 1.56 bits per heavy atom. The van der Waals surface area contributed by atoms with E-state index < -0.39 is 28.9 Å². The van der Waals surface area contributed by atoms with Crippen LogP contribution in [0.1, 0.15) is 71.7 Å². The molecule has 0 heterocycles. The van der Waals surface area contributed by atoms with Crippen LogP contribution in [-0.2, 0) is 4.74 Å². The quantitative estimate of drug-likeness (QED) is 0.501. The number of halogens is 1. The summed E-state index contributed by atoms with van der Waals surface area (Å²) in [5, 5.41) is 22.5. The highest BCUT2D eigenvalue weighted by molar-refractivity contribution is 5.85. The van der Waals surface area contributed by atoms with Gasteiger partial charge in [-0.05, 0) is 59.6 Å². The van der Waals surface area contributed by atoms with E-state index in [0.29, 0.717) is 0 Å². The second-order valence-electron chi connectivity index (χ2n) is 9.69. The van der Waals surface area contributed by atoms with Crippen molar-refractivity contribution < 1.29 is 19.7 Å². The average Bonchev–Trinajstić information content (AvgIpc) is 2.64. The number of amides is 1. The molecule has 32 heavy (non-hydrogen) atoms. The molecule has 2 aromatic carbocycles. The Kier molecular flexibility index (Phi) is 11.4. The molecule has 7 heteroatoms. The van der Waals surface area contributed by atoms with Crippen LogP contribution < -0.4 is 11.1 Å². The van der Waals surface area contributed by atoms with Crippen LogP contribution in [0.4, 0.5) is 4.79 Å². The minimum atomic E-state index is -1.09. The van der Waals surface area contributed by atoms with Gasteiger partial charge in [-0.1, -0.05) is 60.7 Å². The molecule has 0 radical (unpaired) electrons. The summed E-state index contributed by atoms with van der Waals surface area (Å²) in [4.78, 5) is 11.8. The van der Waals surface area contributed by atoms with Gasteiger partial charge in [0, 0.05) is 0 Å². The summed E-state index contributed by atoms with van der Waals surface area (Å²) in [6.45, 7) is 12.1. The third-order valence-corrected chi connectivity index (χ3v) is 4.42. The fraction of sp³-hybridized carbons (Fsp3) is 0.480. The van der Waals surface area contributed by atoms with Crippen LogP contribution in [0.5, 0.6) is 0 Å². The Bertz CT molecular complexity index is 795. The molecule has 0 spiro atoms. The number of alkyl carbamates (subject to hydrolysis) is 1. The largest absolute Gasteiger partial charge is 0.444 e. The SMILES string of the molecule is CC(C)(C)OC(=O)N[C@@H](c1ccccc1)C(C)(C)O.CC(C)(O)[C@@H](N)c1ccccc1.Cl. The first-order valence-electron chi connectivity index (χ1n) is 10.4. The zero-order valence-corrected chi connectivity index (χ0v) is 20.9. The van der Waals surface area contributed by atoms with Crippen molar-refractivity contribution in [3.8, 4) is 0 Å². The van der Waals surface area contributed by atoms with Crippen molar-refractivity contribution in [2.24, 2.45) is 5.73 Å². The lowest BCUT2D eigenvalue weighted by Gasteiger charge is -2.31. The zero-order chi connectivity index (χ0) is 23.9. The monoisotopic (exact) mass is 466 g/mol. The lowest BCUT2D eigenvalue weighted by Crippen LogP contribution is -2.44. The van der Waals surface area contributed by atoms with Gasteiger partial charge in [0.25, 0.3) is 0 Å². The summed E-state index contributed by atoms with van der Waals surface area (Å²) in [6.07, 6.45) is -0.538. The van der Waals surface area contributed by atoms with Gasteiger partial charge < -0.3 is 26.0 Å². The van der Waals surface area contributed by atoms with Gasteiger partial charge in [0.15, 0.2) is 0 Å². The Hall–Kier alpha value is -2.12. The Balaban J connectivity index is 0.000000639. The lowest BCUT2D eigenvalue weighted by molar-refractivity contribution is 0.0163. The van der Waals surface area contributed by atoms with E-state index in [-0.39, 0.29) is 18.4 Å². The number of carbonyl (C=O) groups excluding carboxylic acids is 1. The highest BCUT2D eigenvalue weighted by Crippen LogP contribution is 2.26. The van der Waals surface area contributed by atoms with Crippen LogP contribution in [0.3, 0.4) is 0 Å². The Morgan fingerprint density at radius 1 is 0.812 bits per heavy atom. The average molecular weight is 467 g/mol. The Morgan fingerprint density at radius 2 is 1.22 bits per heavy atom. The fourth-order valence-corrected chi connectivity index (χ4v) is 2.81. The normalized spacial score (nSPS) is 13.6. The molecule has 0 aliphatic carbocycles. The standard InChI is InChI=1S/C15H23NO3.C10H15NO.ClH/c1-14(2,3)19-13(17)16-12(15(4,5)18)11-9-7-6-8-10-11;1-10(2,12)9(11)8-6-4-3-5-7-8;/h6-10,12,18H,1-5H3,(H,16,17);3-7,9,12H,11H2,1-2H3;1H/t12-;9-;/m00./s1. The van der Waals surface area contributed by atoms with E-state index in [2.05, 4.69) is 5.32 Å². The number of ether oxygens (including phenoxy) is 1. The van der Waals surface area contributed by atoms with Crippen molar-refractivity contribution in [1.82, 2.24) is 5.32 Å².